The lowest BCUT2D eigenvalue weighted by molar-refractivity contribution is 0.436. The van der Waals surface area contributed by atoms with E-state index in [9.17, 15) is 0 Å². The molecular formula is C11H15BrN4. The van der Waals surface area contributed by atoms with Crippen molar-refractivity contribution in [2.24, 2.45) is 11.7 Å². The molecule has 0 saturated heterocycles. The quantitative estimate of drug-likeness (QED) is 0.941. The number of fused-ring (bicyclic) bond motifs is 1. The average Bonchev–Trinajstić information content (AvgIpc) is 2.69. The molecule has 86 valence electrons. The van der Waals surface area contributed by atoms with E-state index in [4.69, 9.17) is 5.73 Å². The second kappa shape index (κ2) is 4.51. The lowest BCUT2D eigenvalue weighted by Gasteiger charge is -2.16. The van der Waals surface area contributed by atoms with Crippen molar-refractivity contribution in [1.82, 2.24) is 14.6 Å². The molecule has 2 unspecified atom stereocenters. The SMILES string of the molecule is CCC(C)C(N)c1nnc2ccc(Br)cn12. The van der Waals surface area contributed by atoms with E-state index in [0.717, 1.165) is 22.4 Å². The van der Waals surface area contributed by atoms with Gasteiger partial charge in [-0.15, -0.1) is 10.2 Å². The summed E-state index contributed by atoms with van der Waals surface area (Å²) in [6, 6.07) is 3.79. The third-order valence-electron chi connectivity index (χ3n) is 2.95. The van der Waals surface area contributed by atoms with Crippen LogP contribution in [0.5, 0.6) is 0 Å². The molecule has 0 saturated carbocycles. The zero-order valence-corrected chi connectivity index (χ0v) is 11.0. The molecule has 16 heavy (non-hydrogen) atoms. The van der Waals surface area contributed by atoms with E-state index < -0.39 is 0 Å². The summed E-state index contributed by atoms with van der Waals surface area (Å²) in [4.78, 5) is 0. The Balaban J connectivity index is 2.48. The molecule has 0 aliphatic rings. The van der Waals surface area contributed by atoms with Gasteiger partial charge in [0, 0.05) is 10.7 Å². The molecule has 2 aromatic heterocycles. The molecule has 5 heteroatoms. The number of nitrogens with two attached hydrogens (primary N) is 1. The van der Waals surface area contributed by atoms with Crippen molar-refractivity contribution in [2.45, 2.75) is 26.3 Å². The molecule has 0 bridgehead atoms. The van der Waals surface area contributed by atoms with Crippen LogP contribution >= 0.6 is 15.9 Å². The Morgan fingerprint density at radius 3 is 2.88 bits per heavy atom. The number of pyridine rings is 1. The number of nitrogens with zero attached hydrogens (tertiary/aromatic N) is 3. The van der Waals surface area contributed by atoms with E-state index in [2.05, 4.69) is 40.0 Å². The van der Waals surface area contributed by atoms with Gasteiger partial charge >= 0.3 is 0 Å². The van der Waals surface area contributed by atoms with Crippen LogP contribution in [0.1, 0.15) is 32.1 Å². The Kier molecular flexibility index (Phi) is 3.25. The van der Waals surface area contributed by atoms with Gasteiger partial charge in [0.05, 0.1) is 6.04 Å². The summed E-state index contributed by atoms with van der Waals surface area (Å²) < 4.78 is 2.94. The van der Waals surface area contributed by atoms with Gasteiger partial charge in [0.15, 0.2) is 11.5 Å². The molecule has 0 amide bonds. The molecule has 2 N–H and O–H groups in total. The van der Waals surface area contributed by atoms with Crippen LogP contribution < -0.4 is 5.73 Å². The lowest BCUT2D eigenvalue weighted by Crippen LogP contribution is -2.21. The molecule has 0 spiro atoms. The molecule has 0 aromatic carbocycles. The van der Waals surface area contributed by atoms with Gasteiger partial charge in [-0.2, -0.15) is 0 Å². The van der Waals surface area contributed by atoms with E-state index in [0.29, 0.717) is 5.92 Å². The van der Waals surface area contributed by atoms with Crippen LogP contribution in [-0.2, 0) is 0 Å². The van der Waals surface area contributed by atoms with Crippen molar-refractivity contribution >= 4 is 21.6 Å². The van der Waals surface area contributed by atoms with Gasteiger partial charge in [-0.05, 0) is 34.0 Å². The highest BCUT2D eigenvalue weighted by molar-refractivity contribution is 9.10. The smallest absolute Gasteiger partial charge is 0.160 e. The minimum Gasteiger partial charge on any atom is -0.321 e. The monoisotopic (exact) mass is 282 g/mol. The normalized spacial score (nSPS) is 15.2. The number of halogens is 1. The van der Waals surface area contributed by atoms with Gasteiger partial charge in [0.2, 0.25) is 0 Å². The first-order valence-electron chi connectivity index (χ1n) is 5.39. The minimum absolute atomic E-state index is 0.0747. The largest absolute Gasteiger partial charge is 0.321 e. The number of rotatable bonds is 3. The highest BCUT2D eigenvalue weighted by Crippen LogP contribution is 2.22. The Hall–Kier alpha value is -0.940. The third kappa shape index (κ3) is 1.97. The van der Waals surface area contributed by atoms with Crippen molar-refractivity contribution in [3.8, 4) is 0 Å². The summed E-state index contributed by atoms with van der Waals surface area (Å²) in [5.41, 5.74) is 7.00. The fourth-order valence-corrected chi connectivity index (χ4v) is 1.96. The second-order valence-electron chi connectivity index (χ2n) is 4.05. The van der Waals surface area contributed by atoms with Crippen molar-refractivity contribution in [1.29, 1.82) is 0 Å². The van der Waals surface area contributed by atoms with Gasteiger partial charge in [-0.3, -0.25) is 4.40 Å². The van der Waals surface area contributed by atoms with Crippen LogP contribution in [0.3, 0.4) is 0 Å². The first kappa shape index (κ1) is 11.5. The maximum Gasteiger partial charge on any atom is 0.160 e. The maximum absolute atomic E-state index is 6.17. The van der Waals surface area contributed by atoms with Gasteiger partial charge in [0.1, 0.15) is 0 Å². The van der Waals surface area contributed by atoms with Crippen molar-refractivity contribution in [3.63, 3.8) is 0 Å². The van der Waals surface area contributed by atoms with E-state index in [1.807, 2.05) is 22.7 Å². The molecule has 2 heterocycles. The molecule has 0 radical (unpaired) electrons. The highest BCUT2D eigenvalue weighted by Gasteiger charge is 2.18. The molecule has 2 aromatic rings. The van der Waals surface area contributed by atoms with Crippen molar-refractivity contribution < 1.29 is 0 Å². The van der Waals surface area contributed by atoms with Gasteiger partial charge < -0.3 is 5.73 Å². The lowest BCUT2D eigenvalue weighted by atomic mass is 9.99. The zero-order chi connectivity index (χ0) is 11.7. The molecular weight excluding hydrogens is 268 g/mol. The predicted molar refractivity (Wildman–Crippen MR) is 67.1 cm³/mol. The van der Waals surface area contributed by atoms with Crippen LogP contribution in [-0.4, -0.2) is 14.6 Å². The first-order chi connectivity index (χ1) is 7.63. The summed E-state index contributed by atoms with van der Waals surface area (Å²) in [6.07, 6.45) is 2.98. The Morgan fingerprint density at radius 1 is 1.44 bits per heavy atom. The van der Waals surface area contributed by atoms with Gasteiger partial charge in [-0.1, -0.05) is 20.3 Å². The van der Waals surface area contributed by atoms with Gasteiger partial charge in [0.25, 0.3) is 0 Å². The molecule has 2 atom stereocenters. The summed E-state index contributed by atoms with van der Waals surface area (Å²) in [7, 11) is 0. The molecule has 0 aliphatic carbocycles. The summed E-state index contributed by atoms with van der Waals surface area (Å²) in [5.74, 6) is 1.22. The molecule has 0 aliphatic heterocycles. The Morgan fingerprint density at radius 2 is 2.19 bits per heavy atom. The van der Waals surface area contributed by atoms with Crippen LogP contribution in [0.25, 0.3) is 5.65 Å². The van der Waals surface area contributed by atoms with E-state index in [1.54, 1.807) is 0 Å². The minimum atomic E-state index is -0.0747. The molecule has 0 fully saturated rings. The van der Waals surface area contributed by atoms with Crippen molar-refractivity contribution in [2.75, 3.05) is 0 Å². The van der Waals surface area contributed by atoms with Crippen LogP contribution in [0.15, 0.2) is 22.8 Å². The second-order valence-corrected chi connectivity index (χ2v) is 4.96. The number of aromatic nitrogens is 3. The number of hydrogen-bond donors (Lipinski definition) is 1. The van der Waals surface area contributed by atoms with Crippen molar-refractivity contribution in [3.05, 3.63) is 28.6 Å². The summed E-state index contributed by atoms with van der Waals surface area (Å²) >= 11 is 3.44. The molecule has 2 rings (SSSR count). The van der Waals surface area contributed by atoms with Gasteiger partial charge in [-0.25, -0.2) is 0 Å². The topological polar surface area (TPSA) is 56.2 Å². The van der Waals surface area contributed by atoms with Crippen LogP contribution in [0.4, 0.5) is 0 Å². The Labute approximate surface area is 103 Å². The maximum atomic E-state index is 6.17. The Bertz CT molecular complexity index is 494. The third-order valence-corrected chi connectivity index (χ3v) is 3.42. The van der Waals surface area contributed by atoms with Crippen LogP contribution in [0, 0.1) is 5.92 Å². The van der Waals surface area contributed by atoms with Crippen LogP contribution in [0.2, 0.25) is 0 Å². The summed E-state index contributed by atoms with van der Waals surface area (Å²) in [5, 5.41) is 8.28. The first-order valence-corrected chi connectivity index (χ1v) is 6.18. The van der Waals surface area contributed by atoms with E-state index in [-0.39, 0.29) is 6.04 Å². The van der Waals surface area contributed by atoms with E-state index >= 15 is 0 Å². The molecule has 4 nitrogen and oxygen atoms in total. The van der Waals surface area contributed by atoms with E-state index in [1.165, 1.54) is 0 Å². The predicted octanol–water partition coefficient (Wildman–Crippen LogP) is 2.54. The zero-order valence-electron chi connectivity index (χ0n) is 9.39. The standard InChI is InChI=1S/C11H15BrN4/c1-3-7(2)10(13)11-15-14-9-5-4-8(12)6-16(9)11/h4-7,10H,3,13H2,1-2H3. The highest BCUT2D eigenvalue weighted by atomic mass is 79.9. The fourth-order valence-electron chi connectivity index (χ4n) is 1.62. The number of hydrogen-bond acceptors (Lipinski definition) is 3. The fraction of sp³-hybridized carbons (Fsp3) is 0.455. The average molecular weight is 283 g/mol. The summed E-state index contributed by atoms with van der Waals surface area (Å²) in [6.45, 7) is 4.26.